The Morgan fingerprint density at radius 1 is 1.22 bits per heavy atom. The largest absolute Gasteiger partial charge is 0.444 e. The quantitative estimate of drug-likeness (QED) is 0.180. The van der Waals surface area contributed by atoms with Crippen LogP contribution >= 0.6 is 23.4 Å². The van der Waals surface area contributed by atoms with Crippen molar-refractivity contribution >= 4 is 34.3 Å². The van der Waals surface area contributed by atoms with Crippen LogP contribution in [0.4, 0.5) is 4.39 Å². The first-order valence-electron chi connectivity index (χ1n) is 10.2. The van der Waals surface area contributed by atoms with Crippen molar-refractivity contribution in [2.45, 2.75) is 30.8 Å². The first kappa shape index (κ1) is 22.5. The summed E-state index contributed by atoms with van der Waals surface area (Å²) in [7, 11) is 0. The molecule has 0 atom stereocenters. The van der Waals surface area contributed by atoms with Gasteiger partial charge in [0.1, 0.15) is 12.1 Å². The van der Waals surface area contributed by atoms with Crippen LogP contribution < -0.4 is 5.56 Å². The standard InChI is InChI=1S/C23H21ClFN3O3S/c1-2-30-10-4-9-28-22(29)19-8-7-16(24)12-20(19)27-23(28)32-14-18-13-31-21(26-18)15-5-3-6-17(25)11-15/h3,5-8,11-13H,2,4,9-10,14H2,1H3. The molecule has 2 aromatic heterocycles. The maximum atomic E-state index is 13.5. The maximum Gasteiger partial charge on any atom is 0.262 e. The zero-order chi connectivity index (χ0) is 22.5. The molecule has 0 radical (unpaired) electrons. The summed E-state index contributed by atoms with van der Waals surface area (Å²) in [6.07, 6.45) is 2.22. The predicted octanol–water partition coefficient (Wildman–Crippen LogP) is 5.56. The second-order valence-electron chi connectivity index (χ2n) is 7.01. The number of rotatable bonds is 9. The summed E-state index contributed by atoms with van der Waals surface area (Å²) in [4.78, 5) is 22.2. The molecule has 0 aliphatic rings. The van der Waals surface area contributed by atoms with Crippen LogP contribution in [0.25, 0.3) is 22.4 Å². The highest BCUT2D eigenvalue weighted by molar-refractivity contribution is 7.98. The SMILES string of the molecule is CCOCCCn1c(SCc2coc(-c3cccc(F)c3)n2)nc2cc(Cl)ccc2c1=O. The van der Waals surface area contributed by atoms with Crippen LogP contribution in [0.1, 0.15) is 19.0 Å². The molecule has 0 N–H and O–H groups in total. The van der Waals surface area contributed by atoms with E-state index in [0.29, 0.717) is 70.2 Å². The van der Waals surface area contributed by atoms with Crippen LogP contribution in [0.15, 0.2) is 63.1 Å². The fraction of sp³-hybridized carbons (Fsp3) is 0.261. The minimum atomic E-state index is -0.355. The van der Waals surface area contributed by atoms with E-state index in [1.165, 1.54) is 30.2 Å². The van der Waals surface area contributed by atoms with Gasteiger partial charge in [0.25, 0.3) is 5.56 Å². The summed E-state index contributed by atoms with van der Waals surface area (Å²) >= 11 is 7.49. The molecule has 0 fully saturated rings. The Bertz CT molecular complexity index is 1290. The fourth-order valence-electron chi connectivity index (χ4n) is 3.22. The minimum absolute atomic E-state index is 0.119. The highest BCUT2D eigenvalue weighted by Gasteiger charge is 2.14. The van der Waals surface area contributed by atoms with E-state index >= 15 is 0 Å². The Morgan fingerprint density at radius 2 is 2.09 bits per heavy atom. The summed E-state index contributed by atoms with van der Waals surface area (Å²) in [6, 6.07) is 11.1. The molecular formula is C23H21ClFN3O3S. The minimum Gasteiger partial charge on any atom is -0.444 e. The van der Waals surface area contributed by atoms with Gasteiger partial charge in [-0.05, 0) is 49.7 Å². The molecule has 9 heteroatoms. The van der Waals surface area contributed by atoms with Crippen molar-refractivity contribution in [2.75, 3.05) is 13.2 Å². The number of fused-ring (bicyclic) bond motifs is 1. The van der Waals surface area contributed by atoms with E-state index in [-0.39, 0.29) is 11.4 Å². The van der Waals surface area contributed by atoms with Gasteiger partial charge in [0.05, 0.1) is 16.6 Å². The van der Waals surface area contributed by atoms with E-state index in [1.807, 2.05) is 6.92 Å². The third kappa shape index (κ3) is 5.20. The number of halogens is 2. The van der Waals surface area contributed by atoms with Crippen LogP contribution in [0.5, 0.6) is 0 Å². The monoisotopic (exact) mass is 473 g/mol. The number of aromatic nitrogens is 3. The van der Waals surface area contributed by atoms with Gasteiger partial charge in [-0.25, -0.2) is 14.4 Å². The molecule has 4 rings (SSSR count). The number of benzene rings is 2. The van der Waals surface area contributed by atoms with Gasteiger partial charge in [-0.15, -0.1) is 0 Å². The number of hydrogen-bond donors (Lipinski definition) is 0. The van der Waals surface area contributed by atoms with Crippen molar-refractivity contribution in [1.29, 1.82) is 0 Å². The fourth-order valence-corrected chi connectivity index (χ4v) is 4.28. The Labute approximate surface area is 193 Å². The van der Waals surface area contributed by atoms with Crippen molar-refractivity contribution in [3.8, 4) is 11.5 Å². The molecular weight excluding hydrogens is 453 g/mol. The summed E-state index contributed by atoms with van der Waals surface area (Å²) in [5.74, 6) is 0.419. The lowest BCUT2D eigenvalue weighted by Crippen LogP contribution is -2.24. The Balaban J connectivity index is 1.59. The Kier molecular flexibility index (Phi) is 7.24. The van der Waals surface area contributed by atoms with Crippen molar-refractivity contribution < 1.29 is 13.5 Å². The van der Waals surface area contributed by atoms with Crippen molar-refractivity contribution in [1.82, 2.24) is 14.5 Å². The van der Waals surface area contributed by atoms with Crippen LogP contribution in [-0.2, 0) is 17.0 Å². The lowest BCUT2D eigenvalue weighted by Gasteiger charge is -2.13. The lowest BCUT2D eigenvalue weighted by molar-refractivity contribution is 0.140. The molecule has 0 spiro atoms. The molecule has 0 amide bonds. The molecule has 0 saturated carbocycles. The van der Waals surface area contributed by atoms with Gasteiger partial charge in [-0.3, -0.25) is 9.36 Å². The molecule has 0 unspecified atom stereocenters. The second kappa shape index (κ2) is 10.3. The normalized spacial score (nSPS) is 11.3. The van der Waals surface area contributed by atoms with Crippen LogP contribution in [-0.4, -0.2) is 27.7 Å². The average molecular weight is 474 g/mol. The first-order chi connectivity index (χ1) is 15.5. The maximum absolute atomic E-state index is 13.5. The Hall–Kier alpha value is -2.68. The van der Waals surface area contributed by atoms with Gasteiger partial charge in [0.15, 0.2) is 5.16 Å². The molecule has 6 nitrogen and oxygen atoms in total. The predicted molar refractivity (Wildman–Crippen MR) is 124 cm³/mol. The first-order valence-corrected chi connectivity index (χ1v) is 11.5. The van der Waals surface area contributed by atoms with Gasteiger partial charge < -0.3 is 9.15 Å². The van der Waals surface area contributed by atoms with Gasteiger partial charge in [0.2, 0.25) is 5.89 Å². The number of thioether (sulfide) groups is 1. The van der Waals surface area contributed by atoms with E-state index in [4.69, 9.17) is 20.8 Å². The molecule has 166 valence electrons. The molecule has 2 aromatic carbocycles. The molecule has 4 aromatic rings. The highest BCUT2D eigenvalue weighted by atomic mass is 35.5. The van der Waals surface area contributed by atoms with Crippen LogP contribution in [0, 0.1) is 5.82 Å². The third-order valence-corrected chi connectivity index (χ3v) is 5.97. The van der Waals surface area contributed by atoms with E-state index in [2.05, 4.69) is 9.97 Å². The van der Waals surface area contributed by atoms with Gasteiger partial charge in [-0.1, -0.05) is 29.4 Å². The summed E-state index contributed by atoms with van der Waals surface area (Å²) in [6.45, 7) is 3.61. The number of hydrogen-bond acceptors (Lipinski definition) is 6. The van der Waals surface area contributed by atoms with E-state index in [0.717, 1.165) is 0 Å². The molecule has 0 bridgehead atoms. The van der Waals surface area contributed by atoms with E-state index in [9.17, 15) is 9.18 Å². The Morgan fingerprint density at radius 3 is 2.91 bits per heavy atom. The molecule has 0 saturated heterocycles. The molecule has 32 heavy (non-hydrogen) atoms. The lowest BCUT2D eigenvalue weighted by atomic mass is 10.2. The third-order valence-electron chi connectivity index (χ3n) is 4.73. The van der Waals surface area contributed by atoms with Gasteiger partial charge in [0, 0.05) is 36.1 Å². The zero-order valence-electron chi connectivity index (χ0n) is 17.4. The highest BCUT2D eigenvalue weighted by Crippen LogP contribution is 2.26. The summed E-state index contributed by atoms with van der Waals surface area (Å²) < 4.78 is 26.1. The van der Waals surface area contributed by atoms with E-state index in [1.54, 1.807) is 34.9 Å². The molecule has 0 aliphatic heterocycles. The van der Waals surface area contributed by atoms with Gasteiger partial charge in [-0.2, -0.15) is 0 Å². The average Bonchev–Trinajstić information content (AvgIpc) is 3.25. The van der Waals surface area contributed by atoms with E-state index < -0.39 is 0 Å². The smallest absolute Gasteiger partial charge is 0.262 e. The molecule has 2 heterocycles. The van der Waals surface area contributed by atoms with Gasteiger partial charge >= 0.3 is 0 Å². The second-order valence-corrected chi connectivity index (χ2v) is 8.39. The van der Waals surface area contributed by atoms with Crippen molar-refractivity contribution in [3.63, 3.8) is 0 Å². The number of oxazole rings is 1. The topological polar surface area (TPSA) is 70.2 Å². The van der Waals surface area contributed by atoms with Crippen molar-refractivity contribution in [2.24, 2.45) is 0 Å². The summed E-state index contributed by atoms with van der Waals surface area (Å²) in [5.41, 5.74) is 1.65. The number of nitrogens with zero attached hydrogens (tertiary/aromatic N) is 3. The van der Waals surface area contributed by atoms with Crippen molar-refractivity contribution in [3.05, 3.63) is 75.6 Å². The van der Waals surface area contributed by atoms with Crippen LogP contribution in [0.3, 0.4) is 0 Å². The van der Waals surface area contributed by atoms with Crippen LogP contribution in [0.2, 0.25) is 5.02 Å². The molecule has 0 aliphatic carbocycles. The summed E-state index contributed by atoms with van der Waals surface area (Å²) in [5, 5.41) is 1.60. The number of ether oxygens (including phenoxy) is 1. The zero-order valence-corrected chi connectivity index (χ0v) is 19.0.